The summed E-state index contributed by atoms with van der Waals surface area (Å²) in [7, 11) is 0. The normalized spacial score (nSPS) is 0. The maximum absolute atomic E-state index is 0. The van der Waals surface area contributed by atoms with E-state index in [1.165, 1.54) is 0 Å². The van der Waals surface area contributed by atoms with E-state index in [-0.39, 0.29) is 99.5 Å². The molecule has 0 amide bonds. The Morgan fingerprint density at radius 2 is 1.00 bits per heavy atom. The van der Waals surface area contributed by atoms with Gasteiger partial charge in [-0.1, -0.05) is 0 Å². The molecule has 0 N–H and O–H groups in total. The van der Waals surface area contributed by atoms with E-state index >= 15 is 0 Å². The molecule has 0 bridgehead atoms. The van der Waals surface area contributed by atoms with Crippen molar-refractivity contribution in [3.05, 3.63) is 0 Å². The van der Waals surface area contributed by atoms with Gasteiger partial charge in [-0.2, -0.15) is 0 Å². The monoisotopic (exact) mass is 287 g/mol. The van der Waals surface area contributed by atoms with Crippen LogP contribution in [-0.2, 0) is 33.3 Å². The maximum Gasteiger partial charge on any atom is 0 e. The summed E-state index contributed by atoms with van der Waals surface area (Å²) in [4.78, 5) is 0. The summed E-state index contributed by atoms with van der Waals surface area (Å²) in [6, 6.07) is 0. The van der Waals surface area contributed by atoms with Crippen LogP contribution in [0.1, 0.15) is 0 Å². The molecule has 0 aromatic heterocycles. The third kappa shape index (κ3) is 8.92. The van der Waals surface area contributed by atoms with Crippen molar-refractivity contribution in [3.8, 4) is 0 Å². The Morgan fingerprint density at radius 3 is 1.00 bits per heavy atom. The molecule has 4 heavy (non-hydrogen) atoms. The van der Waals surface area contributed by atoms with Crippen molar-refractivity contribution in [1.29, 1.82) is 0 Å². The minimum Gasteiger partial charge on any atom is 0 e. The fourth-order valence-corrected chi connectivity index (χ4v) is 0. The molecule has 0 saturated heterocycles. The molecular formula is H5AlBaCoNi. The van der Waals surface area contributed by atoms with Gasteiger partial charge in [-0.25, -0.2) is 0 Å². The summed E-state index contributed by atoms with van der Waals surface area (Å²) >= 11 is 0. The minimum absolute atomic E-state index is 0. The summed E-state index contributed by atoms with van der Waals surface area (Å²) in [5, 5.41) is 0. The van der Waals surface area contributed by atoms with Crippen LogP contribution in [0.25, 0.3) is 0 Å². The second kappa shape index (κ2) is 16.5. The maximum atomic E-state index is 0. The summed E-state index contributed by atoms with van der Waals surface area (Å²) in [5.74, 6) is 0. The molecule has 0 aliphatic rings. The third-order valence-electron chi connectivity index (χ3n) is 0. The Hall–Kier alpha value is 3.10. The topological polar surface area (TPSA) is 0 Å². The van der Waals surface area contributed by atoms with E-state index in [4.69, 9.17) is 0 Å². The molecule has 0 nitrogen and oxygen atoms in total. The third-order valence-corrected chi connectivity index (χ3v) is 0. The van der Waals surface area contributed by atoms with Crippen LogP contribution in [0.3, 0.4) is 0 Å². The molecule has 0 atom stereocenters. The van der Waals surface area contributed by atoms with Gasteiger partial charge in [0.05, 0.1) is 0 Å². The zero-order chi connectivity index (χ0) is 0. The standard InChI is InChI=1S/Al.Ba.Co.Ni.5H. The van der Waals surface area contributed by atoms with Crippen LogP contribution in [0.4, 0.5) is 0 Å². The van der Waals surface area contributed by atoms with Gasteiger partial charge in [0.25, 0.3) is 0 Å². The van der Waals surface area contributed by atoms with Crippen molar-refractivity contribution in [2.75, 3.05) is 0 Å². The zero-order valence-electron chi connectivity index (χ0n) is 0.650. The first-order chi connectivity index (χ1) is 0. The summed E-state index contributed by atoms with van der Waals surface area (Å²) in [6.07, 6.45) is 0. The number of hydrogen-bond donors (Lipinski definition) is 0. The molecule has 0 aromatic rings. The summed E-state index contributed by atoms with van der Waals surface area (Å²) in [5.41, 5.74) is 0. The van der Waals surface area contributed by atoms with Gasteiger partial charge < -0.3 is 0 Å². The van der Waals surface area contributed by atoms with Crippen molar-refractivity contribution >= 4 is 66.2 Å². The Balaban J connectivity index is 0. The first-order valence-corrected chi connectivity index (χ1v) is 0. The van der Waals surface area contributed by atoms with Crippen LogP contribution in [0.2, 0.25) is 0 Å². The van der Waals surface area contributed by atoms with Crippen molar-refractivity contribution in [1.82, 2.24) is 0 Å². The predicted octanol–water partition coefficient (Wildman–Crippen LogP) is -2.11. The van der Waals surface area contributed by atoms with Gasteiger partial charge in [-0.15, -0.1) is 0 Å². The van der Waals surface area contributed by atoms with Crippen LogP contribution in [0.5, 0.6) is 0 Å². The van der Waals surface area contributed by atoms with E-state index in [9.17, 15) is 0 Å². The zero-order valence-corrected chi connectivity index (χ0v) is 2.68. The molecule has 0 fully saturated rings. The molecule has 29 valence electrons. The molecule has 0 aromatic carbocycles. The number of hydrogen-bond acceptors (Lipinski definition) is 0. The van der Waals surface area contributed by atoms with Gasteiger partial charge in [0.1, 0.15) is 0 Å². The van der Waals surface area contributed by atoms with Gasteiger partial charge in [0.2, 0.25) is 0 Å². The van der Waals surface area contributed by atoms with Gasteiger partial charge in [0, 0.05) is 33.3 Å². The molecule has 0 aliphatic carbocycles. The van der Waals surface area contributed by atoms with Crippen LogP contribution in [0.15, 0.2) is 0 Å². The molecule has 4 heteroatoms. The first kappa shape index (κ1) is 27.5. The molecule has 0 aliphatic heterocycles. The SMILES string of the molecule is [AlH3].[BaH2].[Co].[Ni]. The van der Waals surface area contributed by atoms with Crippen LogP contribution in [-0.4, -0.2) is 66.2 Å². The Labute approximate surface area is 97.2 Å². The Bertz CT molecular complexity index is 8.00. The fourth-order valence-electron chi connectivity index (χ4n) is 0. The van der Waals surface area contributed by atoms with E-state index in [0.717, 1.165) is 0 Å². The molecule has 0 rings (SSSR count). The molecule has 0 saturated carbocycles. The minimum atomic E-state index is 0. The number of rotatable bonds is 0. The Morgan fingerprint density at radius 1 is 1.00 bits per heavy atom. The van der Waals surface area contributed by atoms with Gasteiger partial charge in [-0.3, -0.25) is 0 Å². The van der Waals surface area contributed by atoms with Crippen molar-refractivity contribution in [3.63, 3.8) is 0 Å². The first-order valence-electron chi connectivity index (χ1n) is 0. The largest absolute Gasteiger partial charge is 0 e. The van der Waals surface area contributed by atoms with E-state index in [0.29, 0.717) is 0 Å². The predicted molar refractivity (Wildman–Crippen MR) is 18.5 cm³/mol. The van der Waals surface area contributed by atoms with Crippen molar-refractivity contribution < 1.29 is 33.3 Å². The van der Waals surface area contributed by atoms with Crippen LogP contribution < -0.4 is 0 Å². The van der Waals surface area contributed by atoms with Crippen LogP contribution in [0, 0.1) is 0 Å². The van der Waals surface area contributed by atoms with E-state index < -0.39 is 0 Å². The molecule has 0 unspecified atom stereocenters. The van der Waals surface area contributed by atoms with Crippen LogP contribution >= 0.6 is 0 Å². The van der Waals surface area contributed by atoms with Gasteiger partial charge in [0.15, 0.2) is 17.4 Å². The van der Waals surface area contributed by atoms with Gasteiger partial charge in [-0.05, 0) is 0 Å². The van der Waals surface area contributed by atoms with Crippen molar-refractivity contribution in [2.24, 2.45) is 0 Å². The smallest absolute Gasteiger partial charge is 0 e. The van der Waals surface area contributed by atoms with E-state index in [1.807, 2.05) is 0 Å². The fraction of sp³-hybridized carbons (Fsp3) is 0. The van der Waals surface area contributed by atoms with E-state index in [1.54, 1.807) is 0 Å². The average Bonchev–Trinajstić information content (AvgIpc) is 0. The second-order valence-electron chi connectivity index (χ2n) is 0. The summed E-state index contributed by atoms with van der Waals surface area (Å²) in [6.45, 7) is 0. The second-order valence-corrected chi connectivity index (χ2v) is 0. The van der Waals surface area contributed by atoms with Crippen molar-refractivity contribution in [2.45, 2.75) is 0 Å². The summed E-state index contributed by atoms with van der Waals surface area (Å²) < 4.78 is 0. The quantitative estimate of drug-likeness (QED) is 0.448. The van der Waals surface area contributed by atoms with E-state index in [2.05, 4.69) is 0 Å². The van der Waals surface area contributed by atoms with Gasteiger partial charge >= 0.3 is 48.9 Å². The molecular weight excluding hydrogens is 282 g/mol. The molecule has 0 heterocycles. The molecule has 1 radical (unpaired) electrons. The molecule has 0 spiro atoms. The Kier molecular flexibility index (Phi) is 113. The average molecular weight is 287 g/mol.